The molecule has 0 radical (unpaired) electrons. The third kappa shape index (κ3) is 3.54. The van der Waals surface area contributed by atoms with E-state index in [1.54, 1.807) is 12.1 Å². The normalized spacial score (nSPS) is 10.2. The Bertz CT molecular complexity index is 566. The second-order valence-corrected chi connectivity index (χ2v) is 3.92. The molecule has 2 rings (SSSR count). The Morgan fingerprint density at radius 2 is 2.21 bits per heavy atom. The molecule has 1 heterocycles. The van der Waals surface area contributed by atoms with E-state index < -0.39 is 0 Å². The first-order valence-corrected chi connectivity index (χ1v) is 6.00. The third-order valence-corrected chi connectivity index (χ3v) is 2.38. The maximum Gasteiger partial charge on any atom is 0.264 e. The number of ether oxygens (including phenoxy) is 1. The third-order valence-electron chi connectivity index (χ3n) is 2.38. The zero-order chi connectivity index (χ0) is 13.7. The fourth-order valence-electron chi connectivity index (χ4n) is 1.52. The van der Waals surface area contributed by atoms with Gasteiger partial charge in [-0.2, -0.15) is 4.98 Å². The molecule has 0 aliphatic rings. The van der Waals surface area contributed by atoms with Crippen molar-refractivity contribution in [2.45, 2.75) is 26.9 Å². The summed E-state index contributed by atoms with van der Waals surface area (Å²) in [5.74, 6) is 1.47. The van der Waals surface area contributed by atoms with Crippen LogP contribution in [0.15, 0.2) is 28.8 Å². The molecule has 6 nitrogen and oxygen atoms in total. The van der Waals surface area contributed by atoms with E-state index in [9.17, 15) is 4.79 Å². The van der Waals surface area contributed by atoms with Crippen LogP contribution in [-0.4, -0.2) is 16.0 Å². The molecule has 0 atom stereocenters. The average molecular weight is 261 g/mol. The minimum Gasteiger partial charge on any atom is -0.482 e. The summed E-state index contributed by atoms with van der Waals surface area (Å²) < 4.78 is 10.6. The predicted octanol–water partition coefficient (Wildman–Crippen LogP) is 2.17. The van der Waals surface area contributed by atoms with Gasteiger partial charge in [-0.25, -0.2) is 0 Å². The molecule has 1 aromatic carbocycles. The minimum absolute atomic E-state index is 0.151. The lowest BCUT2D eigenvalue weighted by molar-refractivity contribution is -0.114. The van der Waals surface area contributed by atoms with Crippen LogP contribution in [0.2, 0.25) is 0 Å². The summed E-state index contributed by atoms with van der Waals surface area (Å²) in [5, 5.41) is 6.48. The molecule has 0 spiro atoms. The van der Waals surface area contributed by atoms with Gasteiger partial charge in [-0.3, -0.25) is 4.79 Å². The maximum atomic E-state index is 11.1. The number of benzene rings is 1. The van der Waals surface area contributed by atoms with Crippen LogP contribution >= 0.6 is 0 Å². The highest BCUT2D eigenvalue weighted by Crippen LogP contribution is 2.24. The van der Waals surface area contributed by atoms with E-state index >= 15 is 0 Å². The molecule has 0 aliphatic heterocycles. The Balaban J connectivity index is 2.04. The quantitative estimate of drug-likeness (QED) is 0.892. The SMILES string of the molecule is CCc1noc(COc2ccccc2NC(C)=O)n1. The molecule has 1 N–H and O–H groups in total. The Morgan fingerprint density at radius 3 is 2.89 bits per heavy atom. The van der Waals surface area contributed by atoms with Crippen molar-refractivity contribution in [3.63, 3.8) is 0 Å². The number of anilines is 1. The van der Waals surface area contributed by atoms with Crippen molar-refractivity contribution in [3.8, 4) is 5.75 Å². The predicted molar refractivity (Wildman–Crippen MR) is 68.8 cm³/mol. The van der Waals surface area contributed by atoms with Gasteiger partial charge in [-0.15, -0.1) is 0 Å². The number of nitrogens with one attached hydrogen (secondary N) is 1. The monoisotopic (exact) mass is 261 g/mol. The summed E-state index contributed by atoms with van der Waals surface area (Å²) in [4.78, 5) is 15.2. The van der Waals surface area contributed by atoms with Crippen LogP contribution in [-0.2, 0) is 17.8 Å². The van der Waals surface area contributed by atoms with Gasteiger partial charge in [0.05, 0.1) is 5.69 Å². The summed E-state index contributed by atoms with van der Waals surface area (Å²) >= 11 is 0. The fraction of sp³-hybridized carbons (Fsp3) is 0.308. The number of hydrogen-bond donors (Lipinski definition) is 1. The van der Waals surface area contributed by atoms with Gasteiger partial charge in [0.15, 0.2) is 12.4 Å². The molecular weight excluding hydrogens is 246 g/mol. The van der Waals surface area contributed by atoms with Crippen LogP contribution in [0.5, 0.6) is 5.75 Å². The molecule has 0 bridgehead atoms. The molecule has 0 fully saturated rings. The van der Waals surface area contributed by atoms with E-state index in [4.69, 9.17) is 9.26 Å². The Labute approximate surface area is 110 Å². The first-order valence-electron chi connectivity index (χ1n) is 6.00. The lowest BCUT2D eigenvalue weighted by Crippen LogP contribution is -2.07. The standard InChI is InChI=1S/C13H15N3O3/c1-3-12-15-13(19-16-12)8-18-11-7-5-4-6-10(11)14-9(2)17/h4-7H,3,8H2,1-2H3,(H,14,17). The molecule has 1 aromatic heterocycles. The number of carbonyl (C=O) groups excluding carboxylic acids is 1. The van der Waals surface area contributed by atoms with Crippen molar-refractivity contribution < 1.29 is 14.1 Å². The number of para-hydroxylation sites is 2. The number of rotatable bonds is 5. The molecule has 100 valence electrons. The van der Waals surface area contributed by atoms with E-state index in [0.717, 1.165) is 0 Å². The van der Waals surface area contributed by atoms with E-state index in [2.05, 4.69) is 15.5 Å². The van der Waals surface area contributed by atoms with Crippen molar-refractivity contribution in [1.29, 1.82) is 0 Å². The van der Waals surface area contributed by atoms with Crippen LogP contribution in [0.25, 0.3) is 0 Å². The molecule has 2 aromatic rings. The van der Waals surface area contributed by atoms with Gasteiger partial charge in [0, 0.05) is 13.3 Å². The van der Waals surface area contributed by atoms with E-state index in [-0.39, 0.29) is 12.5 Å². The molecule has 6 heteroatoms. The summed E-state index contributed by atoms with van der Waals surface area (Å²) in [5.41, 5.74) is 0.616. The lowest BCUT2D eigenvalue weighted by Gasteiger charge is -2.09. The van der Waals surface area contributed by atoms with Crippen molar-refractivity contribution in [2.24, 2.45) is 0 Å². The average Bonchev–Trinajstić information content (AvgIpc) is 2.85. The highest BCUT2D eigenvalue weighted by Gasteiger charge is 2.08. The van der Waals surface area contributed by atoms with E-state index in [1.807, 2.05) is 19.1 Å². The zero-order valence-corrected chi connectivity index (χ0v) is 10.8. The molecule has 0 aliphatic carbocycles. The minimum atomic E-state index is -0.151. The van der Waals surface area contributed by atoms with Gasteiger partial charge >= 0.3 is 0 Å². The van der Waals surface area contributed by atoms with Crippen LogP contribution in [0.3, 0.4) is 0 Å². The van der Waals surface area contributed by atoms with Crippen LogP contribution in [0, 0.1) is 0 Å². The summed E-state index contributed by atoms with van der Waals surface area (Å²) in [6, 6.07) is 7.18. The van der Waals surface area contributed by atoms with Gasteiger partial charge in [0.2, 0.25) is 5.91 Å². The number of amides is 1. The molecule has 0 unspecified atom stereocenters. The van der Waals surface area contributed by atoms with Gasteiger partial charge < -0.3 is 14.6 Å². The highest BCUT2D eigenvalue weighted by molar-refractivity contribution is 5.90. The van der Waals surface area contributed by atoms with Gasteiger partial charge in [0.25, 0.3) is 5.89 Å². The van der Waals surface area contributed by atoms with E-state index in [0.29, 0.717) is 29.6 Å². The summed E-state index contributed by atoms with van der Waals surface area (Å²) in [6.07, 6.45) is 0.714. The smallest absolute Gasteiger partial charge is 0.264 e. The van der Waals surface area contributed by atoms with Crippen LogP contribution < -0.4 is 10.1 Å². The number of aromatic nitrogens is 2. The maximum absolute atomic E-state index is 11.1. The van der Waals surface area contributed by atoms with Crippen LogP contribution in [0.1, 0.15) is 25.6 Å². The molecule has 1 amide bonds. The number of nitrogens with zero attached hydrogens (tertiary/aromatic N) is 2. The zero-order valence-electron chi connectivity index (χ0n) is 10.8. The molecule has 19 heavy (non-hydrogen) atoms. The highest BCUT2D eigenvalue weighted by atomic mass is 16.5. The second-order valence-electron chi connectivity index (χ2n) is 3.92. The van der Waals surface area contributed by atoms with Crippen molar-refractivity contribution in [2.75, 3.05) is 5.32 Å². The van der Waals surface area contributed by atoms with Gasteiger partial charge in [-0.05, 0) is 12.1 Å². The van der Waals surface area contributed by atoms with Crippen molar-refractivity contribution in [1.82, 2.24) is 10.1 Å². The van der Waals surface area contributed by atoms with Crippen molar-refractivity contribution >= 4 is 11.6 Å². The number of carbonyl (C=O) groups is 1. The first kappa shape index (κ1) is 13.1. The molecular formula is C13H15N3O3. The first-order chi connectivity index (χ1) is 9.19. The van der Waals surface area contributed by atoms with Crippen LogP contribution in [0.4, 0.5) is 5.69 Å². The molecule has 0 saturated carbocycles. The summed E-state index contributed by atoms with van der Waals surface area (Å²) in [7, 11) is 0. The van der Waals surface area contributed by atoms with Gasteiger partial charge in [0.1, 0.15) is 5.75 Å². The number of hydrogen-bond acceptors (Lipinski definition) is 5. The summed E-state index contributed by atoms with van der Waals surface area (Å²) in [6.45, 7) is 3.56. The lowest BCUT2D eigenvalue weighted by atomic mass is 10.3. The Morgan fingerprint density at radius 1 is 1.42 bits per heavy atom. The van der Waals surface area contributed by atoms with Gasteiger partial charge in [-0.1, -0.05) is 24.2 Å². The van der Waals surface area contributed by atoms with Crippen molar-refractivity contribution in [3.05, 3.63) is 36.0 Å². The second kappa shape index (κ2) is 5.99. The topological polar surface area (TPSA) is 77.3 Å². The fourth-order valence-corrected chi connectivity index (χ4v) is 1.52. The number of aryl methyl sites for hydroxylation is 1. The largest absolute Gasteiger partial charge is 0.482 e. The van der Waals surface area contributed by atoms with E-state index in [1.165, 1.54) is 6.92 Å². The Kier molecular flexibility index (Phi) is 4.12. The molecule has 0 saturated heterocycles. The Hall–Kier alpha value is -2.37.